The van der Waals surface area contributed by atoms with Crippen LogP contribution in [0.2, 0.25) is 0 Å². The van der Waals surface area contributed by atoms with E-state index in [-0.39, 0.29) is 24.9 Å². The Morgan fingerprint density at radius 1 is 1.38 bits per heavy atom. The van der Waals surface area contributed by atoms with Crippen LogP contribution in [0.15, 0.2) is 0 Å². The summed E-state index contributed by atoms with van der Waals surface area (Å²) in [7, 11) is 1.59. The molecule has 0 aromatic carbocycles. The fourth-order valence-corrected chi connectivity index (χ4v) is 2.65. The second kappa shape index (κ2) is 10.4. The van der Waals surface area contributed by atoms with Crippen LogP contribution in [0.25, 0.3) is 0 Å². The predicted octanol–water partition coefficient (Wildman–Crippen LogP) is 2.99. The molecule has 0 aromatic heterocycles. The highest BCUT2D eigenvalue weighted by atomic mass is 32.2. The Labute approximate surface area is 137 Å². The third kappa shape index (κ3) is 5.76. The summed E-state index contributed by atoms with van der Waals surface area (Å²) in [6.45, 7) is 2.37. The van der Waals surface area contributed by atoms with Crippen LogP contribution in [0.5, 0.6) is 0 Å². The number of unbranched alkanes of at least 4 members (excludes halogenated alkanes) is 2. The Balaban J connectivity index is 2.74. The van der Waals surface area contributed by atoms with Gasteiger partial charge in [0, 0.05) is 7.11 Å². The summed E-state index contributed by atoms with van der Waals surface area (Å²) < 4.78 is 23.3. The highest BCUT2D eigenvalue weighted by Gasteiger charge is 2.47. The van der Waals surface area contributed by atoms with Crippen LogP contribution in [0.1, 0.15) is 32.6 Å². The van der Waals surface area contributed by atoms with E-state index in [4.69, 9.17) is 37.6 Å². The molecule has 0 N–H and O–H groups in total. The number of rotatable bonds is 8. The van der Waals surface area contributed by atoms with Gasteiger partial charge in [-0.3, -0.25) is 0 Å². The van der Waals surface area contributed by atoms with Gasteiger partial charge >= 0.3 is 0 Å². The van der Waals surface area contributed by atoms with Crippen molar-refractivity contribution in [1.82, 2.24) is 0 Å². The van der Waals surface area contributed by atoms with Crippen LogP contribution in [0.4, 0.5) is 0 Å². The molecule has 4 nitrogen and oxygen atoms in total. The van der Waals surface area contributed by atoms with Crippen molar-refractivity contribution in [3.63, 3.8) is 0 Å². The summed E-state index contributed by atoms with van der Waals surface area (Å²) in [4.78, 5) is 0. The van der Waals surface area contributed by atoms with E-state index in [9.17, 15) is 0 Å². The predicted molar refractivity (Wildman–Crippen MR) is 89.4 cm³/mol. The van der Waals surface area contributed by atoms with Gasteiger partial charge in [0.25, 0.3) is 0 Å². The summed E-state index contributed by atoms with van der Waals surface area (Å²) in [5.41, 5.74) is 0. The summed E-state index contributed by atoms with van der Waals surface area (Å²) in [5, 5.41) is 0. The number of methoxy groups -OCH3 is 1. The van der Waals surface area contributed by atoms with E-state index in [2.05, 4.69) is 12.8 Å². The highest BCUT2D eigenvalue weighted by molar-refractivity contribution is 8.22. The van der Waals surface area contributed by atoms with Gasteiger partial charge in [-0.1, -0.05) is 43.9 Å². The second-order valence-corrected chi connectivity index (χ2v) is 6.20. The number of hydrogen-bond donors (Lipinski definition) is 0. The lowest BCUT2D eigenvalue weighted by Crippen LogP contribution is -2.39. The van der Waals surface area contributed by atoms with E-state index >= 15 is 0 Å². The fourth-order valence-electron chi connectivity index (χ4n) is 2.33. The van der Waals surface area contributed by atoms with Crippen molar-refractivity contribution in [2.24, 2.45) is 0 Å². The molecule has 1 aliphatic heterocycles. The van der Waals surface area contributed by atoms with Gasteiger partial charge in [-0.05, 0) is 24.9 Å². The van der Waals surface area contributed by atoms with E-state index in [0.29, 0.717) is 4.38 Å². The lowest BCUT2D eigenvalue weighted by Gasteiger charge is -2.24. The third-order valence-corrected chi connectivity index (χ3v) is 4.38. The number of terminal acetylenes is 1. The molecule has 4 atom stereocenters. The zero-order valence-corrected chi connectivity index (χ0v) is 14.5. The Morgan fingerprint density at radius 3 is 2.71 bits per heavy atom. The van der Waals surface area contributed by atoms with E-state index in [0.717, 1.165) is 25.7 Å². The average Bonchev–Trinajstić information content (AvgIpc) is 2.82. The molecular weight excluding hydrogens is 308 g/mol. The van der Waals surface area contributed by atoms with Gasteiger partial charge in [-0.2, -0.15) is 0 Å². The molecule has 1 saturated heterocycles. The minimum atomic E-state index is -0.473. The first-order chi connectivity index (χ1) is 10.2. The Hall–Kier alpha value is -0.320. The molecule has 21 heavy (non-hydrogen) atoms. The van der Waals surface area contributed by atoms with Gasteiger partial charge in [0.2, 0.25) is 4.38 Å². The molecule has 0 aliphatic carbocycles. The highest BCUT2D eigenvalue weighted by Crippen LogP contribution is 2.31. The van der Waals surface area contributed by atoms with Crippen LogP contribution in [-0.2, 0) is 18.9 Å². The summed E-state index contributed by atoms with van der Waals surface area (Å²) >= 11 is 6.56. The van der Waals surface area contributed by atoms with Crippen LogP contribution in [0, 0.1) is 12.3 Å². The monoisotopic (exact) mass is 332 g/mol. The molecule has 0 spiro atoms. The SMILES string of the molecule is C#CCO[C@H]1[C@@H](OC)O[C@@H](CCCCC)[C@@H]1OC(=S)SC. The number of thiocarbonyl (C=S) groups is 1. The van der Waals surface area contributed by atoms with Crippen molar-refractivity contribution >= 4 is 28.4 Å². The standard InChI is InChI=1S/C15H24O4S2/c1-5-7-8-9-11-12(19-15(20)21-4)13(17-10-6-2)14(16-3)18-11/h2,11-14H,5,7-10H2,1,3-4H3/t11-,12-,13+,14-/m0/s1. The maximum absolute atomic E-state index is 5.92. The molecule has 120 valence electrons. The van der Waals surface area contributed by atoms with E-state index < -0.39 is 6.29 Å². The molecule has 0 radical (unpaired) electrons. The van der Waals surface area contributed by atoms with Crippen LogP contribution in [-0.4, -0.2) is 49.0 Å². The van der Waals surface area contributed by atoms with Crippen molar-refractivity contribution in [3.05, 3.63) is 0 Å². The molecule has 1 aliphatic rings. The van der Waals surface area contributed by atoms with E-state index in [1.807, 2.05) is 6.26 Å². The van der Waals surface area contributed by atoms with Crippen molar-refractivity contribution < 1.29 is 18.9 Å². The largest absolute Gasteiger partial charge is 0.469 e. The maximum Gasteiger partial charge on any atom is 0.220 e. The number of hydrogen-bond acceptors (Lipinski definition) is 6. The van der Waals surface area contributed by atoms with Crippen LogP contribution < -0.4 is 0 Å². The third-order valence-electron chi connectivity index (χ3n) is 3.35. The van der Waals surface area contributed by atoms with Gasteiger partial charge < -0.3 is 18.9 Å². The molecule has 1 fully saturated rings. The molecule has 0 amide bonds. The lowest BCUT2D eigenvalue weighted by atomic mass is 10.0. The minimum absolute atomic E-state index is 0.0885. The van der Waals surface area contributed by atoms with Crippen molar-refractivity contribution in [3.8, 4) is 12.3 Å². The Morgan fingerprint density at radius 2 is 2.14 bits per heavy atom. The molecule has 0 saturated carbocycles. The molecular formula is C15H24O4S2. The van der Waals surface area contributed by atoms with Gasteiger partial charge in [0.15, 0.2) is 12.4 Å². The summed E-state index contributed by atoms with van der Waals surface area (Å²) in [6.07, 6.45) is 10.2. The Kier molecular flexibility index (Phi) is 9.29. The zero-order valence-electron chi connectivity index (χ0n) is 12.9. The molecule has 1 rings (SSSR count). The molecule has 6 heteroatoms. The second-order valence-electron chi connectivity index (χ2n) is 4.79. The number of ether oxygens (including phenoxy) is 4. The van der Waals surface area contributed by atoms with E-state index in [1.165, 1.54) is 11.8 Å². The number of thioether (sulfide) groups is 1. The smallest absolute Gasteiger partial charge is 0.220 e. The van der Waals surface area contributed by atoms with Crippen molar-refractivity contribution in [2.45, 2.75) is 57.2 Å². The van der Waals surface area contributed by atoms with Gasteiger partial charge in [0.1, 0.15) is 18.8 Å². The van der Waals surface area contributed by atoms with Crippen LogP contribution in [0.3, 0.4) is 0 Å². The van der Waals surface area contributed by atoms with Crippen molar-refractivity contribution in [1.29, 1.82) is 0 Å². The fraction of sp³-hybridized carbons (Fsp3) is 0.800. The first-order valence-corrected chi connectivity index (χ1v) is 8.79. The minimum Gasteiger partial charge on any atom is -0.469 e. The topological polar surface area (TPSA) is 36.9 Å². The Bertz CT molecular complexity index is 356. The van der Waals surface area contributed by atoms with Gasteiger partial charge in [0.05, 0.1) is 0 Å². The molecule has 1 heterocycles. The molecule has 0 aromatic rings. The zero-order chi connectivity index (χ0) is 15.7. The normalized spacial score (nSPS) is 28.3. The lowest BCUT2D eigenvalue weighted by molar-refractivity contribution is -0.159. The molecule has 0 bridgehead atoms. The maximum atomic E-state index is 5.92. The first kappa shape index (κ1) is 18.7. The molecule has 0 unspecified atom stereocenters. The van der Waals surface area contributed by atoms with E-state index in [1.54, 1.807) is 7.11 Å². The van der Waals surface area contributed by atoms with Crippen LogP contribution >= 0.6 is 24.0 Å². The summed E-state index contributed by atoms with van der Waals surface area (Å²) in [6, 6.07) is 0. The average molecular weight is 332 g/mol. The quantitative estimate of drug-likeness (QED) is 0.386. The first-order valence-electron chi connectivity index (χ1n) is 7.15. The van der Waals surface area contributed by atoms with Gasteiger partial charge in [-0.15, -0.1) is 6.42 Å². The summed E-state index contributed by atoms with van der Waals surface area (Å²) in [5.74, 6) is 2.47. The van der Waals surface area contributed by atoms with Crippen molar-refractivity contribution in [2.75, 3.05) is 20.0 Å². The van der Waals surface area contributed by atoms with Gasteiger partial charge in [-0.25, -0.2) is 0 Å².